The smallest absolute Gasteiger partial charge is 0.249 e. The van der Waals surface area contributed by atoms with Gasteiger partial charge in [0, 0.05) is 49.7 Å². The Balaban J connectivity index is 5.12. The molecule has 0 aromatic rings. The fourth-order valence-corrected chi connectivity index (χ4v) is 5.11. The van der Waals surface area contributed by atoms with Crippen LogP contribution >= 0.6 is 23.5 Å². The molecule has 0 spiro atoms. The molecule has 0 bridgehead atoms. The van der Waals surface area contributed by atoms with Crippen molar-refractivity contribution >= 4 is 68.2 Å². The molecule has 14 heteroatoms. The third-order valence-electron chi connectivity index (χ3n) is 3.24. The summed E-state index contributed by atoms with van der Waals surface area (Å²) in [4.78, 5) is 69.4. The SMILES string of the molecule is CC(=O)N[C@@H](CSCCC(N)=O)C(=O)S(=O)C(=O)[C@H](CSCCC(N)=O)NC(C)=O. The maximum Gasteiger partial charge on any atom is 0.249 e. The Morgan fingerprint density at radius 1 is 0.767 bits per heavy atom. The number of amides is 4. The molecule has 0 aromatic heterocycles. The molecule has 30 heavy (non-hydrogen) atoms. The molecule has 0 heterocycles. The van der Waals surface area contributed by atoms with Crippen molar-refractivity contribution in [2.75, 3.05) is 23.0 Å². The third kappa shape index (κ3) is 12.6. The van der Waals surface area contributed by atoms with Crippen LogP contribution in [0.3, 0.4) is 0 Å². The van der Waals surface area contributed by atoms with Crippen molar-refractivity contribution < 1.29 is 33.0 Å². The summed E-state index contributed by atoms with van der Waals surface area (Å²) in [6.07, 6.45) is 0.113. The van der Waals surface area contributed by atoms with Gasteiger partial charge in [-0.15, -0.1) is 0 Å². The van der Waals surface area contributed by atoms with E-state index in [9.17, 15) is 33.0 Å². The van der Waals surface area contributed by atoms with Gasteiger partial charge >= 0.3 is 0 Å². The van der Waals surface area contributed by atoms with Gasteiger partial charge in [0.05, 0.1) is 0 Å². The van der Waals surface area contributed by atoms with E-state index in [4.69, 9.17) is 11.5 Å². The number of hydrogen-bond donors (Lipinski definition) is 4. The van der Waals surface area contributed by atoms with Gasteiger partial charge in [0.2, 0.25) is 33.9 Å². The van der Waals surface area contributed by atoms with Crippen LogP contribution in [0.2, 0.25) is 0 Å². The molecule has 0 saturated heterocycles. The van der Waals surface area contributed by atoms with Crippen molar-refractivity contribution in [2.24, 2.45) is 11.5 Å². The lowest BCUT2D eigenvalue weighted by molar-refractivity contribution is -0.123. The largest absolute Gasteiger partial charge is 0.370 e. The van der Waals surface area contributed by atoms with Crippen LogP contribution in [0.1, 0.15) is 26.7 Å². The summed E-state index contributed by atoms with van der Waals surface area (Å²) in [6.45, 7) is 2.32. The van der Waals surface area contributed by atoms with Gasteiger partial charge in [0.1, 0.15) is 12.1 Å². The number of thioether (sulfide) groups is 2. The number of nitrogens with two attached hydrogens (primary N) is 2. The minimum absolute atomic E-state index is 0.0110. The number of primary amides is 2. The number of nitrogens with one attached hydrogen (secondary N) is 2. The highest BCUT2D eigenvalue weighted by atomic mass is 32.2. The Bertz CT molecular complexity index is 646. The van der Waals surface area contributed by atoms with Crippen LogP contribution in [0.15, 0.2) is 0 Å². The summed E-state index contributed by atoms with van der Waals surface area (Å²) in [7, 11) is -2.65. The topological polar surface area (TPSA) is 196 Å². The van der Waals surface area contributed by atoms with Crippen molar-refractivity contribution in [3.63, 3.8) is 0 Å². The average Bonchev–Trinajstić information content (AvgIpc) is 2.63. The lowest BCUT2D eigenvalue weighted by Gasteiger charge is -2.18. The molecule has 4 amide bonds. The van der Waals surface area contributed by atoms with Crippen LogP contribution in [0.5, 0.6) is 0 Å². The quantitative estimate of drug-likeness (QED) is 0.203. The Hall–Kier alpha value is -1.93. The fraction of sp³-hybridized carbons (Fsp3) is 0.625. The minimum atomic E-state index is -2.65. The highest BCUT2D eigenvalue weighted by Crippen LogP contribution is 2.11. The van der Waals surface area contributed by atoms with Gasteiger partial charge < -0.3 is 22.1 Å². The molecule has 0 saturated carbocycles. The fourth-order valence-electron chi connectivity index (χ4n) is 1.93. The van der Waals surface area contributed by atoms with Crippen LogP contribution in [-0.2, 0) is 39.6 Å². The van der Waals surface area contributed by atoms with Crippen LogP contribution < -0.4 is 22.1 Å². The van der Waals surface area contributed by atoms with Gasteiger partial charge in [-0.25, -0.2) is 4.21 Å². The van der Waals surface area contributed by atoms with E-state index in [1.165, 1.54) is 0 Å². The summed E-state index contributed by atoms with van der Waals surface area (Å²) in [5.74, 6) is -1.64. The Morgan fingerprint density at radius 3 is 1.37 bits per heavy atom. The maximum atomic E-state index is 12.5. The second-order valence-electron chi connectivity index (χ2n) is 6.00. The van der Waals surface area contributed by atoms with E-state index in [1.54, 1.807) is 0 Å². The van der Waals surface area contributed by atoms with Gasteiger partial charge in [0.25, 0.3) is 0 Å². The second-order valence-corrected chi connectivity index (χ2v) is 9.64. The molecule has 0 aliphatic heterocycles. The molecule has 0 aliphatic carbocycles. The van der Waals surface area contributed by atoms with E-state index in [1.807, 2.05) is 0 Å². The Morgan fingerprint density at radius 2 is 1.10 bits per heavy atom. The van der Waals surface area contributed by atoms with E-state index in [0.717, 1.165) is 37.4 Å². The normalized spacial score (nSPS) is 12.6. The van der Waals surface area contributed by atoms with Gasteiger partial charge in [-0.2, -0.15) is 23.5 Å². The monoisotopic (exact) mass is 482 g/mol. The average molecular weight is 483 g/mol. The zero-order valence-corrected chi connectivity index (χ0v) is 19.1. The summed E-state index contributed by atoms with van der Waals surface area (Å²) in [5.41, 5.74) is 10.1. The highest BCUT2D eigenvalue weighted by Gasteiger charge is 2.34. The summed E-state index contributed by atoms with van der Waals surface area (Å²) >= 11 is 2.26. The first kappa shape index (κ1) is 28.1. The standard InChI is InChI=1S/C16H26N4O7S3/c1-9(21)19-11(7-28-5-3-13(17)23)15(25)30(27)16(26)12(20-10(2)22)8-29-6-4-14(18)24/h11-12H,3-8H2,1-2H3,(H2,17,23)(H2,18,24)(H,19,21)(H,20,22)/t11-,12-/m0/s1. The molecule has 6 N–H and O–H groups in total. The van der Waals surface area contributed by atoms with E-state index in [-0.39, 0.29) is 35.9 Å². The molecular weight excluding hydrogens is 456 g/mol. The molecular formula is C16H26N4O7S3. The summed E-state index contributed by atoms with van der Waals surface area (Å²) in [6, 6.07) is -2.43. The maximum absolute atomic E-state index is 12.5. The molecule has 0 unspecified atom stereocenters. The van der Waals surface area contributed by atoms with Crippen molar-refractivity contribution in [3.8, 4) is 0 Å². The molecule has 0 aromatic carbocycles. The van der Waals surface area contributed by atoms with Gasteiger partial charge in [0.15, 0.2) is 10.8 Å². The second kappa shape index (κ2) is 15.0. The van der Waals surface area contributed by atoms with Crippen molar-refractivity contribution in [3.05, 3.63) is 0 Å². The molecule has 2 atom stereocenters. The molecule has 0 fully saturated rings. The lowest BCUT2D eigenvalue weighted by atomic mass is 10.3. The Kier molecular flexibility index (Phi) is 14.0. The van der Waals surface area contributed by atoms with Crippen molar-refractivity contribution in [1.29, 1.82) is 0 Å². The Labute approximate surface area is 185 Å². The zero-order valence-electron chi connectivity index (χ0n) is 16.6. The van der Waals surface area contributed by atoms with E-state index < -0.39 is 56.7 Å². The van der Waals surface area contributed by atoms with Gasteiger partial charge in [-0.1, -0.05) is 0 Å². The van der Waals surface area contributed by atoms with Crippen LogP contribution in [0.25, 0.3) is 0 Å². The lowest BCUT2D eigenvalue weighted by Crippen LogP contribution is -2.49. The van der Waals surface area contributed by atoms with Crippen LogP contribution in [0.4, 0.5) is 0 Å². The van der Waals surface area contributed by atoms with Gasteiger partial charge in [-0.05, 0) is 0 Å². The predicted octanol–water partition coefficient (Wildman–Crippen LogP) is -1.99. The zero-order chi connectivity index (χ0) is 23.3. The summed E-state index contributed by atoms with van der Waals surface area (Å²) in [5, 5.41) is 2.64. The predicted molar refractivity (Wildman–Crippen MR) is 116 cm³/mol. The first-order chi connectivity index (χ1) is 14.0. The van der Waals surface area contributed by atoms with Crippen molar-refractivity contribution in [1.82, 2.24) is 10.6 Å². The number of carbonyl (C=O) groups excluding carboxylic acids is 6. The first-order valence-electron chi connectivity index (χ1n) is 8.71. The van der Waals surface area contributed by atoms with E-state index >= 15 is 0 Å². The number of carbonyl (C=O) groups is 6. The van der Waals surface area contributed by atoms with Crippen LogP contribution in [-0.4, -0.2) is 73.2 Å². The van der Waals surface area contributed by atoms with Crippen LogP contribution in [0, 0.1) is 0 Å². The van der Waals surface area contributed by atoms with Crippen molar-refractivity contribution in [2.45, 2.75) is 38.8 Å². The first-order valence-corrected chi connectivity index (χ1v) is 12.2. The highest BCUT2D eigenvalue weighted by molar-refractivity contribution is 8.13. The molecule has 0 rings (SSSR count). The van der Waals surface area contributed by atoms with E-state index in [0.29, 0.717) is 0 Å². The molecule has 11 nitrogen and oxygen atoms in total. The van der Waals surface area contributed by atoms with E-state index in [2.05, 4.69) is 10.6 Å². The van der Waals surface area contributed by atoms with Gasteiger partial charge in [-0.3, -0.25) is 28.8 Å². The number of hydrogen-bond acceptors (Lipinski definition) is 9. The molecule has 0 radical (unpaired) electrons. The molecule has 170 valence electrons. The number of rotatable bonds is 14. The third-order valence-corrected chi connectivity index (χ3v) is 6.67. The summed E-state index contributed by atoms with van der Waals surface area (Å²) < 4.78 is 12.5. The minimum Gasteiger partial charge on any atom is -0.370 e. The molecule has 0 aliphatic rings.